The monoisotopic (exact) mass is 151 g/mol. The van der Waals surface area contributed by atoms with Crippen molar-refractivity contribution in [2.45, 2.75) is 0 Å². The number of hydrogen-bond donors (Lipinski definition) is 2. The van der Waals surface area contributed by atoms with E-state index in [2.05, 4.69) is 10.5 Å². The lowest BCUT2D eigenvalue weighted by molar-refractivity contribution is 0.619. The summed E-state index contributed by atoms with van der Waals surface area (Å²) in [6.45, 7) is 0. The lowest BCUT2D eigenvalue weighted by Crippen LogP contribution is -1.94. The van der Waals surface area contributed by atoms with Crippen molar-refractivity contribution in [3.05, 3.63) is 18.2 Å². The second-order valence-corrected chi connectivity index (χ2v) is 2.10. The van der Waals surface area contributed by atoms with Crippen LogP contribution >= 0.6 is 0 Å². The number of benzene rings is 1. The summed E-state index contributed by atoms with van der Waals surface area (Å²) in [6.07, 6.45) is 0. The van der Waals surface area contributed by atoms with Gasteiger partial charge in [0.05, 0.1) is 5.69 Å². The molecule has 0 saturated carbocycles. The van der Waals surface area contributed by atoms with E-state index in [-0.39, 0.29) is 0 Å². The summed E-state index contributed by atoms with van der Waals surface area (Å²) in [4.78, 5) is 0. The number of nitrogen functional groups attached to an aromatic ring is 2. The second kappa shape index (κ2) is 2.61. The highest BCUT2D eigenvalue weighted by molar-refractivity contribution is 6.00. The standard InChI is InChI=1S/C6H7N2OSi/c7-4-1-2-5(8)6(3-4)9-10/h1-3H,7-8H2. The molecule has 0 heterocycles. The second-order valence-electron chi connectivity index (χ2n) is 1.90. The molecule has 0 unspecified atom stereocenters. The number of anilines is 2. The van der Waals surface area contributed by atoms with Crippen LogP contribution in [0.15, 0.2) is 18.2 Å². The fourth-order valence-corrected chi connectivity index (χ4v) is 0.816. The SMILES string of the molecule is Nc1ccc(N)c(O[Si])c1. The average Bonchev–Trinajstić information content (AvgIpc) is 1.94. The number of nitrogens with two attached hydrogens (primary N) is 2. The first-order chi connectivity index (χ1) is 4.74. The maximum absolute atomic E-state index is 5.49. The van der Waals surface area contributed by atoms with Crippen molar-refractivity contribution in [3.8, 4) is 5.75 Å². The van der Waals surface area contributed by atoms with Gasteiger partial charge in [-0.3, -0.25) is 0 Å². The van der Waals surface area contributed by atoms with E-state index < -0.39 is 0 Å². The molecule has 4 heteroatoms. The van der Waals surface area contributed by atoms with E-state index in [0.29, 0.717) is 17.1 Å². The highest BCUT2D eigenvalue weighted by Crippen LogP contribution is 2.22. The normalized spacial score (nSPS) is 9.30. The Bertz CT molecular complexity index is 239. The summed E-state index contributed by atoms with van der Waals surface area (Å²) in [7, 11) is 2.85. The van der Waals surface area contributed by atoms with Gasteiger partial charge in [-0.2, -0.15) is 0 Å². The predicted molar refractivity (Wildman–Crippen MR) is 41.6 cm³/mol. The third-order valence-corrected chi connectivity index (χ3v) is 1.37. The van der Waals surface area contributed by atoms with Crippen LogP contribution in [0.25, 0.3) is 0 Å². The molecule has 0 fully saturated rings. The smallest absolute Gasteiger partial charge is 0.341 e. The van der Waals surface area contributed by atoms with Gasteiger partial charge in [0.15, 0.2) is 0 Å². The maximum atomic E-state index is 5.49. The zero-order valence-electron chi connectivity index (χ0n) is 5.29. The lowest BCUT2D eigenvalue weighted by atomic mass is 10.3. The first kappa shape index (κ1) is 6.95. The van der Waals surface area contributed by atoms with Crippen LogP contribution in [0.3, 0.4) is 0 Å². The Balaban J connectivity index is 3.09. The van der Waals surface area contributed by atoms with Gasteiger partial charge in [-0.25, -0.2) is 0 Å². The Labute approximate surface area is 62.5 Å². The number of hydrogen-bond acceptors (Lipinski definition) is 3. The summed E-state index contributed by atoms with van der Waals surface area (Å²) in [6, 6.07) is 5.04. The Kier molecular flexibility index (Phi) is 1.82. The van der Waals surface area contributed by atoms with E-state index in [1.165, 1.54) is 0 Å². The zero-order valence-corrected chi connectivity index (χ0v) is 6.29. The van der Waals surface area contributed by atoms with Gasteiger partial charge in [-0.15, -0.1) is 0 Å². The highest BCUT2D eigenvalue weighted by Gasteiger charge is 1.96. The molecule has 0 aliphatic heterocycles. The Morgan fingerprint density at radius 3 is 2.50 bits per heavy atom. The molecule has 1 rings (SSSR count). The molecule has 0 aliphatic carbocycles. The molecule has 0 bridgehead atoms. The van der Waals surface area contributed by atoms with Crippen molar-refractivity contribution in [2.75, 3.05) is 11.5 Å². The van der Waals surface area contributed by atoms with Crippen LogP contribution in [-0.4, -0.2) is 10.5 Å². The molecule has 1 aromatic carbocycles. The van der Waals surface area contributed by atoms with Gasteiger partial charge < -0.3 is 15.9 Å². The summed E-state index contributed by atoms with van der Waals surface area (Å²) < 4.78 is 4.73. The van der Waals surface area contributed by atoms with Gasteiger partial charge in [0.2, 0.25) is 0 Å². The van der Waals surface area contributed by atoms with Crippen LogP contribution < -0.4 is 15.9 Å². The molecule has 51 valence electrons. The van der Waals surface area contributed by atoms with Gasteiger partial charge in [0.25, 0.3) is 0 Å². The Hall–Kier alpha value is -1.16. The molecular weight excluding hydrogens is 144 g/mol. The molecular formula is C6H7N2OSi. The van der Waals surface area contributed by atoms with Crippen LogP contribution in [0.1, 0.15) is 0 Å². The fraction of sp³-hybridized carbons (Fsp3) is 0. The van der Waals surface area contributed by atoms with E-state index >= 15 is 0 Å². The van der Waals surface area contributed by atoms with Gasteiger partial charge in [0, 0.05) is 11.8 Å². The third kappa shape index (κ3) is 1.22. The van der Waals surface area contributed by atoms with Crippen molar-refractivity contribution >= 4 is 21.9 Å². The van der Waals surface area contributed by atoms with Crippen LogP contribution in [0.5, 0.6) is 5.75 Å². The number of rotatable bonds is 1. The highest BCUT2D eigenvalue weighted by atomic mass is 28.2. The van der Waals surface area contributed by atoms with Crippen molar-refractivity contribution in [2.24, 2.45) is 0 Å². The van der Waals surface area contributed by atoms with E-state index in [4.69, 9.17) is 15.9 Å². The minimum absolute atomic E-state index is 0.539. The molecule has 0 atom stereocenters. The van der Waals surface area contributed by atoms with Gasteiger partial charge in [-0.1, -0.05) is 0 Å². The zero-order chi connectivity index (χ0) is 7.56. The van der Waals surface area contributed by atoms with Gasteiger partial charge >= 0.3 is 10.5 Å². The lowest BCUT2D eigenvalue weighted by Gasteiger charge is -2.03. The molecule has 10 heavy (non-hydrogen) atoms. The molecule has 0 aromatic heterocycles. The molecule has 0 aliphatic rings. The quantitative estimate of drug-likeness (QED) is 0.448. The first-order valence-electron chi connectivity index (χ1n) is 2.72. The maximum Gasteiger partial charge on any atom is 0.341 e. The van der Waals surface area contributed by atoms with E-state index in [1.807, 2.05) is 0 Å². The van der Waals surface area contributed by atoms with Gasteiger partial charge in [-0.05, 0) is 12.1 Å². The van der Waals surface area contributed by atoms with E-state index in [1.54, 1.807) is 18.2 Å². The topological polar surface area (TPSA) is 61.3 Å². The first-order valence-corrected chi connectivity index (χ1v) is 3.13. The third-order valence-electron chi connectivity index (χ3n) is 1.15. The van der Waals surface area contributed by atoms with E-state index in [0.717, 1.165) is 0 Å². The molecule has 0 spiro atoms. The minimum atomic E-state index is 0.539. The fourth-order valence-electron chi connectivity index (χ4n) is 0.639. The average molecular weight is 151 g/mol. The van der Waals surface area contributed by atoms with Crippen molar-refractivity contribution in [1.82, 2.24) is 0 Å². The van der Waals surface area contributed by atoms with Crippen LogP contribution in [0.4, 0.5) is 11.4 Å². The van der Waals surface area contributed by atoms with E-state index in [9.17, 15) is 0 Å². The molecule has 3 radical (unpaired) electrons. The molecule has 0 saturated heterocycles. The van der Waals surface area contributed by atoms with Crippen molar-refractivity contribution in [1.29, 1.82) is 0 Å². The minimum Gasteiger partial charge on any atom is -0.539 e. The van der Waals surface area contributed by atoms with Crippen molar-refractivity contribution in [3.63, 3.8) is 0 Å². The molecule has 3 nitrogen and oxygen atoms in total. The Morgan fingerprint density at radius 1 is 1.30 bits per heavy atom. The molecule has 0 amide bonds. The van der Waals surface area contributed by atoms with Gasteiger partial charge in [0.1, 0.15) is 5.75 Å². The van der Waals surface area contributed by atoms with Crippen LogP contribution in [0, 0.1) is 0 Å². The molecule has 4 N–H and O–H groups in total. The summed E-state index contributed by atoms with van der Waals surface area (Å²) in [5.41, 5.74) is 12.1. The summed E-state index contributed by atoms with van der Waals surface area (Å²) >= 11 is 0. The predicted octanol–water partition coefficient (Wildman–Crippen LogP) is 0.313. The van der Waals surface area contributed by atoms with Crippen LogP contribution in [0.2, 0.25) is 0 Å². The summed E-state index contributed by atoms with van der Waals surface area (Å²) in [5.74, 6) is 0.539. The molecule has 1 aromatic rings. The largest absolute Gasteiger partial charge is 0.539 e. The van der Waals surface area contributed by atoms with Crippen LogP contribution in [-0.2, 0) is 0 Å². The van der Waals surface area contributed by atoms with Crippen molar-refractivity contribution < 1.29 is 4.43 Å². The summed E-state index contributed by atoms with van der Waals surface area (Å²) in [5, 5.41) is 0. The Morgan fingerprint density at radius 2 is 2.00 bits per heavy atom.